The summed E-state index contributed by atoms with van der Waals surface area (Å²) in [6.07, 6.45) is 0. The van der Waals surface area contributed by atoms with Gasteiger partial charge in [0.15, 0.2) is 0 Å². The number of hydrogen-bond acceptors (Lipinski definition) is 2. The number of rotatable bonds is 1. The van der Waals surface area contributed by atoms with Crippen LogP contribution in [0.25, 0.3) is 0 Å². The summed E-state index contributed by atoms with van der Waals surface area (Å²) in [5, 5.41) is 9.09. The molecule has 1 heterocycles. The van der Waals surface area contributed by atoms with E-state index >= 15 is 0 Å². The Morgan fingerprint density at radius 2 is 2.30 bits per heavy atom. The number of aliphatic hydroxyl groups is 1. The molecule has 1 N–H and O–H groups in total. The fraction of sp³-hybridized carbons (Fsp3) is 1.00. The van der Waals surface area contributed by atoms with Gasteiger partial charge in [-0.15, -0.1) is 0 Å². The van der Waals surface area contributed by atoms with E-state index in [2.05, 4.69) is 25.8 Å². The summed E-state index contributed by atoms with van der Waals surface area (Å²) in [7, 11) is 2.11. The summed E-state index contributed by atoms with van der Waals surface area (Å²) < 4.78 is 0. The highest BCUT2D eigenvalue weighted by Gasteiger charge is 2.37. The minimum absolute atomic E-state index is 0.148. The van der Waals surface area contributed by atoms with Crippen LogP contribution in [0.2, 0.25) is 0 Å². The van der Waals surface area contributed by atoms with Gasteiger partial charge in [-0.05, 0) is 13.0 Å². The average molecular weight is 143 g/mol. The highest BCUT2D eigenvalue weighted by Crippen LogP contribution is 2.33. The van der Waals surface area contributed by atoms with Crippen LogP contribution in [-0.2, 0) is 0 Å². The van der Waals surface area contributed by atoms with Crippen LogP contribution >= 0.6 is 0 Å². The van der Waals surface area contributed by atoms with Crippen LogP contribution in [0, 0.1) is 11.3 Å². The van der Waals surface area contributed by atoms with E-state index in [0.717, 1.165) is 13.1 Å². The van der Waals surface area contributed by atoms with Gasteiger partial charge in [0, 0.05) is 25.1 Å². The number of hydrogen-bond donors (Lipinski definition) is 1. The summed E-state index contributed by atoms with van der Waals surface area (Å²) in [6, 6.07) is 0. The Bertz CT molecular complexity index is 126. The van der Waals surface area contributed by atoms with Gasteiger partial charge in [-0.1, -0.05) is 13.8 Å². The molecule has 0 aromatic heterocycles. The molecule has 0 bridgehead atoms. The molecule has 10 heavy (non-hydrogen) atoms. The third kappa shape index (κ3) is 1.18. The molecule has 0 aliphatic carbocycles. The van der Waals surface area contributed by atoms with E-state index in [-0.39, 0.29) is 5.41 Å². The van der Waals surface area contributed by atoms with E-state index in [1.165, 1.54) is 0 Å². The zero-order chi connectivity index (χ0) is 7.78. The van der Waals surface area contributed by atoms with E-state index in [9.17, 15) is 0 Å². The van der Waals surface area contributed by atoms with Crippen molar-refractivity contribution in [2.45, 2.75) is 13.8 Å². The molecule has 1 fully saturated rings. The van der Waals surface area contributed by atoms with Crippen LogP contribution in [0.1, 0.15) is 13.8 Å². The molecular formula is C8H17NO. The lowest BCUT2D eigenvalue weighted by Gasteiger charge is -2.24. The molecule has 1 aliphatic rings. The van der Waals surface area contributed by atoms with Crippen molar-refractivity contribution >= 4 is 0 Å². The Balaban J connectivity index is 2.61. The van der Waals surface area contributed by atoms with E-state index in [0.29, 0.717) is 12.5 Å². The minimum Gasteiger partial charge on any atom is -0.396 e. The molecule has 0 aromatic rings. The minimum atomic E-state index is 0.148. The van der Waals surface area contributed by atoms with Crippen LogP contribution in [0.4, 0.5) is 0 Å². The predicted octanol–water partition coefficient (Wildman–Crippen LogP) is 0.567. The van der Waals surface area contributed by atoms with Crippen LogP contribution in [-0.4, -0.2) is 36.8 Å². The van der Waals surface area contributed by atoms with E-state index < -0.39 is 0 Å². The van der Waals surface area contributed by atoms with Crippen molar-refractivity contribution in [2.24, 2.45) is 11.3 Å². The Kier molecular flexibility index (Phi) is 2.02. The molecular weight excluding hydrogens is 126 g/mol. The monoisotopic (exact) mass is 143 g/mol. The molecule has 1 saturated heterocycles. The second-order valence-corrected chi connectivity index (χ2v) is 3.91. The molecule has 60 valence electrons. The largest absolute Gasteiger partial charge is 0.396 e. The Labute approximate surface area is 62.8 Å². The van der Waals surface area contributed by atoms with Gasteiger partial charge in [-0.3, -0.25) is 0 Å². The van der Waals surface area contributed by atoms with Crippen molar-refractivity contribution in [3.8, 4) is 0 Å². The molecule has 0 spiro atoms. The van der Waals surface area contributed by atoms with E-state index in [1.54, 1.807) is 0 Å². The van der Waals surface area contributed by atoms with Gasteiger partial charge in [0.2, 0.25) is 0 Å². The SMILES string of the molecule is C[C@H]1CN(C)C[C@@]1(C)CO. The topological polar surface area (TPSA) is 23.5 Å². The highest BCUT2D eigenvalue weighted by atomic mass is 16.3. The Morgan fingerprint density at radius 3 is 2.50 bits per heavy atom. The Morgan fingerprint density at radius 1 is 1.70 bits per heavy atom. The lowest BCUT2D eigenvalue weighted by Crippen LogP contribution is -2.29. The van der Waals surface area contributed by atoms with Crippen LogP contribution in [0.15, 0.2) is 0 Å². The number of likely N-dealkylation sites (tertiary alicyclic amines) is 1. The van der Waals surface area contributed by atoms with Crippen molar-refractivity contribution in [1.29, 1.82) is 0 Å². The molecule has 2 heteroatoms. The standard InChI is InChI=1S/C8H17NO/c1-7-4-9(3)5-8(7,2)6-10/h7,10H,4-6H2,1-3H3/t7-,8-/m0/s1. The van der Waals surface area contributed by atoms with Gasteiger partial charge in [0.1, 0.15) is 0 Å². The van der Waals surface area contributed by atoms with Crippen molar-refractivity contribution in [1.82, 2.24) is 4.90 Å². The Hall–Kier alpha value is -0.0800. The molecule has 0 amide bonds. The zero-order valence-corrected chi connectivity index (χ0v) is 7.09. The molecule has 0 aromatic carbocycles. The van der Waals surface area contributed by atoms with Gasteiger partial charge < -0.3 is 10.0 Å². The van der Waals surface area contributed by atoms with Crippen LogP contribution in [0.5, 0.6) is 0 Å². The fourth-order valence-corrected chi connectivity index (χ4v) is 1.73. The third-order valence-corrected chi connectivity index (χ3v) is 2.77. The summed E-state index contributed by atoms with van der Waals surface area (Å²) >= 11 is 0. The zero-order valence-electron chi connectivity index (χ0n) is 7.09. The number of aliphatic hydroxyl groups excluding tert-OH is 1. The van der Waals surface area contributed by atoms with E-state index in [1.807, 2.05) is 0 Å². The van der Waals surface area contributed by atoms with E-state index in [4.69, 9.17) is 5.11 Å². The summed E-state index contributed by atoms with van der Waals surface area (Å²) in [5.74, 6) is 0.627. The molecule has 1 rings (SSSR count). The molecule has 2 nitrogen and oxygen atoms in total. The van der Waals surface area contributed by atoms with Crippen molar-refractivity contribution in [3.05, 3.63) is 0 Å². The average Bonchev–Trinajstić information content (AvgIpc) is 2.09. The maximum absolute atomic E-state index is 9.09. The van der Waals surface area contributed by atoms with Crippen molar-refractivity contribution in [3.63, 3.8) is 0 Å². The second kappa shape index (κ2) is 2.51. The van der Waals surface area contributed by atoms with Gasteiger partial charge >= 0.3 is 0 Å². The molecule has 1 aliphatic heterocycles. The normalized spacial score (nSPS) is 42.6. The third-order valence-electron chi connectivity index (χ3n) is 2.77. The highest BCUT2D eigenvalue weighted by molar-refractivity contribution is 4.89. The quantitative estimate of drug-likeness (QED) is 0.580. The van der Waals surface area contributed by atoms with Crippen molar-refractivity contribution in [2.75, 3.05) is 26.7 Å². The lowest BCUT2D eigenvalue weighted by molar-refractivity contribution is 0.119. The fourth-order valence-electron chi connectivity index (χ4n) is 1.73. The second-order valence-electron chi connectivity index (χ2n) is 3.91. The molecule has 0 radical (unpaired) electrons. The van der Waals surface area contributed by atoms with Crippen LogP contribution < -0.4 is 0 Å². The first-order chi connectivity index (χ1) is 4.58. The van der Waals surface area contributed by atoms with Gasteiger partial charge in [0.25, 0.3) is 0 Å². The maximum Gasteiger partial charge on any atom is 0.0500 e. The number of nitrogens with zero attached hydrogens (tertiary/aromatic N) is 1. The molecule has 0 unspecified atom stereocenters. The first kappa shape index (κ1) is 8.02. The first-order valence-corrected chi connectivity index (χ1v) is 3.88. The van der Waals surface area contributed by atoms with Crippen LogP contribution in [0.3, 0.4) is 0 Å². The summed E-state index contributed by atoms with van der Waals surface area (Å²) in [6.45, 7) is 6.83. The smallest absolute Gasteiger partial charge is 0.0500 e. The van der Waals surface area contributed by atoms with Crippen molar-refractivity contribution < 1.29 is 5.11 Å². The van der Waals surface area contributed by atoms with Gasteiger partial charge in [-0.25, -0.2) is 0 Å². The predicted molar refractivity (Wildman–Crippen MR) is 41.9 cm³/mol. The molecule has 0 saturated carbocycles. The lowest BCUT2D eigenvalue weighted by atomic mass is 9.82. The maximum atomic E-state index is 9.09. The molecule has 2 atom stereocenters. The summed E-state index contributed by atoms with van der Waals surface area (Å²) in [4.78, 5) is 2.28. The first-order valence-electron chi connectivity index (χ1n) is 3.88. The van der Waals surface area contributed by atoms with Gasteiger partial charge in [0.05, 0.1) is 0 Å². The summed E-state index contributed by atoms with van der Waals surface area (Å²) in [5.41, 5.74) is 0.148. The van der Waals surface area contributed by atoms with Gasteiger partial charge in [-0.2, -0.15) is 0 Å².